The molecule has 0 aliphatic carbocycles. The summed E-state index contributed by atoms with van der Waals surface area (Å²) in [4.78, 5) is 14.7. The predicted octanol–water partition coefficient (Wildman–Crippen LogP) is 4.30. The van der Waals surface area contributed by atoms with Gasteiger partial charge in [0, 0.05) is 22.9 Å². The van der Waals surface area contributed by atoms with Crippen molar-refractivity contribution in [3.05, 3.63) is 23.8 Å². The van der Waals surface area contributed by atoms with Gasteiger partial charge in [-0.05, 0) is 48.7 Å². The molecule has 0 radical (unpaired) electrons. The van der Waals surface area contributed by atoms with Crippen molar-refractivity contribution in [3.63, 3.8) is 0 Å². The molecule has 1 aliphatic rings. The number of amides is 1. The number of hydrogen-bond acceptors (Lipinski definition) is 4. The number of anilines is 1. The zero-order valence-electron chi connectivity index (χ0n) is 16.3. The fourth-order valence-electron chi connectivity index (χ4n) is 2.93. The van der Waals surface area contributed by atoms with Crippen LogP contribution in [0.15, 0.2) is 23.1 Å². The number of halogens is 1. The van der Waals surface area contributed by atoms with Crippen LogP contribution < -0.4 is 4.90 Å². The molecule has 5 nitrogen and oxygen atoms in total. The summed E-state index contributed by atoms with van der Waals surface area (Å²) in [6, 6.07) is 4.88. The first-order valence-corrected chi connectivity index (χ1v) is 14.1. The number of benzene rings is 1. The van der Waals surface area contributed by atoms with Gasteiger partial charge in [-0.25, -0.2) is 8.42 Å². The van der Waals surface area contributed by atoms with Crippen LogP contribution in [0.1, 0.15) is 39.7 Å². The third kappa shape index (κ3) is 4.16. The minimum atomic E-state index is -3.87. The van der Waals surface area contributed by atoms with Crippen molar-refractivity contribution < 1.29 is 17.6 Å². The van der Waals surface area contributed by atoms with Crippen molar-refractivity contribution in [3.8, 4) is 0 Å². The molecule has 1 aromatic carbocycles. The highest BCUT2D eigenvalue weighted by Gasteiger charge is 2.44. The molecule has 0 bridgehead atoms. The van der Waals surface area contributed by atoms with Crippen molar-refractivity contribution in [1.29, 1.82) is 0 Å². The Bertz CT molecular complexity index is 802. The minimum absolute atomic E-state index is 0.0158. The van der Waals surface area contributed by atoms with Gasteiger partial charge >= 0.3 is 0 Å². The molecule has 1 aromatic rings. The van der Waals surface area contributed by atoms with E-state index in [4.69, 9.17) is 15.1 Å². The van der Waals surface area contributed by atoms with Crippen molar-refractivity contribution in [1.82, 2.24) is 0 Å². The molecule has 1 atom stereocenters. The van der Waals surface area contributed by atoms with Crippen LogP contribution in [0.2, 0.25) is 18.1 Å². The maximum atomic E-state index is 13.0. The zero-order chi connectivity index (χ0) is 19.9. The molecular formula is C18H28ClNO4SSi. The quantitative estimate of drug-likeness (QED) is 0.529. The molecule has 26 heavy (non-hydrogen) atoms. The molecule has 1 amide bonds. The van der Waals surface area contributed by atoms with Crippen LogP contribution >= 0.6 is 10.7 Å². The molecule has 1 fully saturated rings. The molecule has 146 valence electrons. The lowest BCUT2D eigenvalue weighted by Crippen LogP contribution is -2.46. The average Bonchev–Trinajstić information content (AvgIpc) is 2.84. The fourth-order valence-corrected chi connectivity index (χ4v) is 5.43. The fraction of sp³-hybridized carbons (Fsp3) is 0.611. The van der Waals surface area contributed by atoms with Crippen LogP contribution in [0, 0.1) is 0 Å². The number of rotatable bonds is 5. The minimum Gasteiger partial charge on any atom is -0.405 e. The summed E-state index contributed by atoms with van der Waals surface area (Å²) < 4.78 is 30.0. The van der Waals surface area contributed by atoms with Crippen molar-refractivity contribution in [2.24, 2.45) is 0 Å². The Morgan fingerprint density at radius 1 is 1.31 bits per heavy atom. The molecule has 1 heterocycles. The van der Waals surface area contributed by atoms with Crippen molar-refractivity contribution in [2.45, 2.75) is 69.7 Å². The van der Waals surface area contributed by atoms with Gasteiger partial charge < -0.3 is 9.33 Å². The van der Waals surface area contributed by atoms with Gasteiger partial charge in [0.15, 0.2) is 8.32 Å². The molecule has 1 saturated heterocycles. The SMILES string of the molecule is CCc1c(N2CC[C@H](O[Si](C)(C)C(C)(C)C)C2=O)cccc1S(=O)(=O)Cl. The van der Waals surface area contributed by atoms with E-state index < -0.39 is 23.5 Å². The van der Waals surface area contributed by atoms with Gasteiger partial charge in [0.1, 0.15) is 6.10 Å². The number of carbonyl (C=O) groups is 1. The van der Waals surface area contributed by atoms with Crippen LogP contribution in [-0.2, 0) is 24.7 Å². The van der Waals surface area contributed by atoms with E-state index in [0.717, 1.165) is 0 Å². The first-order valence-electron chi connectivity index (χ1n) is 8.85. The van der Waals surface area contributed by atoms with Gasteiger partial charge in [0.05, 0.1) is 4.90 Å². The molecule has 0 spiro atoms. The highest BCUT2D eigenvalue weighted by Crippen LogP contribution is 2.39. The van der Waals surface area contributed by atoms with Gasteiger partial charge in [0.25, 0.3) is 15.0 Å². The number of carbonyl (C=O) groups excluding carboxylic acids is 1. The summed E-state index contributed by atoms with van der Waals surface area (Å²) in [6.45, 7) is 13.0. The summed E-state index contributed by atoms with van der Waals surface area (Å²) in [6.07, 6.45) is 0.596. The van der Waals surface area contributed by atoms with E-state index in [2.05, 4.69) is 33.9 Å². The predicted molar refractivity (Wildman–Crippen MR) is 108 cm³/mol. The summed E-state index contributed by atoms with van der Waals surface area (Å²) in [5.74, 6) is -0.103. The molecule has 0 aromatic heterocycles. The molecule has 2 rings (SSSR count). The van der Waals surface area contributed by atoms with Crippen LogP contribution in [0.3, 0.4) is 0 Å². The molecule has 0 saturated carbocycles. The van der Waals surface area contributed by atoms with Crippen LogP contribution in [0.25, 0.3) is 0 Å². The number of hydrogen-bond donors (Lipinski definition) is 0. The van der Waals surface area contributed by atoms with Gasteiger partial charge in [-0.2, -0.15) is 0 Å². The van der Waals surface area contributed by atoms with E-state index in [1.165, 1.54) is 6.07 Å². The lowest BCUT2D eigenvalue weighted by Gasteiger charge is -2.37. The second-order valence-electron chi connectivity index (χ2n) is 8.19. The molecule has 1 aliphatic heterocycles. The van der Waals surface area contributed by atoms with Crippen molar-refractivity contribution >= 4 is 39.6 Å². The second-order valence-corrected chi connectivity index (χ2v) is 15.5. The third-order valence-corrected chi connectivity index (χ3v) is 11.3. The van der Waals surface area contributed by atoms with E-state index in [-0.39, 0.29) is 15.8 Å². The Kier molecular flexibility index (Phi) is 5.98. The Hall–Kier alpha value is -0.893. The molecule has 8 heteroatoms. The summed E-state index contributed by atoms with van der Waals surface area (Å²) >= 11 is 0. The lowest BCUT2D eigenvalue weighted by atomic mass is 10.1. The first kappa shape index (κ1) is 21.4. The van der Waals surface area contributed by atoms with Gasteiger partial charge in [-0.15, -0.1) is 0 Å². The summed E-state index contributed by atoms with van der Waals surface area (Å²) in [5.41, 5.74) is 1.18. The van der Waals surface area contributed by atoms with Crippen molar-refractivity contribution in [2.75, 3.05) is 11.4 Å². The molecule has 0 unspecified atom stereocenters. The Labute approximate surface area is 162 Å². The monoisotopic (exact) mass is 417 g/mol. The highest BCUT2D eigenvalue weighted by molar-refractivity contribution is 8.13. The van der Waals surface area contributed by atoms with E-state index in [0.29, 0.717) is 30.6 Å². The van der Waals surface area contributed by atoms with Crippen LogP contribution in [0.4, 0.5) is 5.69 Å². The van der Waals surface area contributed by atoms with E-state index in [1.807, 2.05) is 6.92 Å². The van der Waals surface area contributed by atoms with Gasteiger partial charge in [0.2, 0.25) is 0 Å². The zero-order valence-corrected chi connectivity index (χ0v) is 18.9. The first-order chi connectivity index (χ1) is 11.8. The summed E-state index contributed by atoms with van der Waals surface area (Å²) in [5, 5.41) is 0.0158. The van der Waals surface area contributed by atoms with E-state index >= 15 is 0 Å². The highest BCUT2D eigenvalue weighted by atomic mass is 35.7. The lowest BCUT2D eigenvalue weighted by molar-refractivity contribution is -0.123. The number of nitrogens with zero attached hydrogens (tertiary/aromatic N) is 1. The third-order valence-electron chi connectivity index (χ3n) is 5.41. The van der Waals surface area contributed by atoms with Crippen LogP contribution in [-0.4, -0.2) is 35.3 Å². The van der Waals surface area contributed by atoms with E-state index in [1.54, 1.807) is 17.0 Å². The molecular weight excluding hydrogens is 390 g/mol. The summed E-state index contributed by atoms with van der Waals surface area (Å²) in [7, 11) is -0.363. The largest absolute Gasteiger partial charge is 0.405 e. The normalized spacial score (nSPS) is 19.3. The van der Waals surface area contributed by atoms with Crippen LogP contribution in [0.5, 0.6) is 0 Å². The van der Waals surface area contributed by atoms with Gasteiger partial charge in [-0.3, -0.25) is 4.79 Å². The Morgan fingerprint density at radius 2 is 1.92 bits per heavy atom. The molecule has 0 N–H and O–H groups in total. The average molecular weight is 418 g/mol. The maximum Gasteiger partial charge on any atom is 0.261 e. The van der Waals surface area contributed by atoms with E-state index in [9.17, 15) is 13.2 Å². The van der Waals surface area contributed by atoms with Gasteiger partial charge in [-0.1, -0.05) is 33.8 Å². The second kappa shape index (κ2) is 7.26. The standard InChI is InChI=1S/C18H28ClNO4SSi/c1-7-13-14(9-8-10-16(13)25(19,22)23)20-12-11-15(17(20)21)24-26(5,6)18(2,3)4/h8-10,15H,7,11-12H2,1-6H3/t15-/m0/s1. The smallest absolute Gasteiger partial charge is 0.261 e. The Balaban J connectivity index is 2.35. The topological polar surface area (TPSA) is 63.7 Å². The Morgan fingerprint density at radius 3 is 2.42 bits per heavy atom. The maximum absolute atomic E-state index is 13.0.